The van der Waals surface area contributed by atoms with Crippen molar-refractivity contribution in [2.75, 3.05) is 5.32 Å². The summed E-state index contributed by atoms with van der Waals surface area (Å²) in [7, 11) is 0. The number of para-hydroxylation sites is 1. The Morgan fingerprint density at radius 1 is 0.920 bits per heavy atom. The number of hydrogen-bond donors (Lipinski definition) is 2. The molecule has 7 heteroatoms. The maximum absolute atomic E-state index is 14.5. The minimum Gasteiger partial charge on any atom is -0.481 e. The lowest BCUT2D eigenvalue weighted by molar-refractivity contribution is -0.250. The zero-order chi connectivity index (χ0) is 36.7. The van der Waals surface area contributed by atoms with Crippen molar-refractivity contribution in [2.45, 2.75) is 139 Å². The molecular weight excluding hydrogens is 629 g/mol. The Balaban J connectivity index is 1.25. The predicted octanol–water partition coefficient (Wildman–Crippen LogP) is 10.2. The van der Waals surface area contributed by atoms with Gasteiger partial charge in [-0.3, -0.25) is 14.4 Å². The molecule has 50 heavy (non-hydrogen) atoms. The van der Waals surface area contributed by atoms with E-state index in [9.17, 15) is 23.9 Å². The van der Waals surface area contributed by atoms with Gasteiger partial charge in [0, 0.05) is 11.8 Å². The van der Waals surface area contributed by atoms with Gasteiger partial charge in [0.2, 0.25) is 5.91 Å². The number of carbonyl (C=O) groups is 3. The monoisotopic (exact) mass is 691 g/mol. The van der Waals surface area contributed by atoms with Gasteiger partial charge in [-0.25, -0.2) is 4.39 Å². The largest absolute Gasteiger partial charge is 0.481 e. The van der Waals surface area contributed by atoms with Crippen molar-refractivity contribution in [3.8, 4) is 0 Å². The maximum atomic E-state index is 14.5. The smallest absolute Gasteiger partial charge is 0.309 e. The molecule has 5 aliphatic carbocycles. The Hall–Kier alpha value is -2.70. The minimum absolute atomic E-state index is 0.0785. The second-order valence-corrected chi connectivity index (χ2v) is 19.5. The first-order chi connectivity index (χ1) is 23.2. The van der Waals surface area contributed by atoms with Crippen molar-refractivity contribution < 1.29 is 28.6 Å². The number of ether oxygens (including phenoxy) is 1. The lowest BCUT2D eigenvalue weighted by Gasteiger charge is -2.73. The molecule has 0 saturated heterocycles. The van der Waals surface area contributed by atoms with Gasteiger partial charge in [-0.1, -0.05) is 58.9 Å². The molecule has 5 saturated carbocycles. The SMILES string of the molecule is C=C(C)[C@@H]1CC[C@]2(CC(=O)Nc3ccccc3F)CC[C@]3(C)[C@H](CC[C@@H]4[C@@]5(C)CC[C@H](OC(=O)CC(C)(C)C(=O)O)C(C)(C)[C@@H]5CC[C@]43C)[C@@H]12. The van der Waals surface area contributed by atoms with Crippen LogP contribution >= 0.6 is 0 Å². The van der Waals surface area contributed by atoms with Crippen molar-refractivity contribution in [1.29, 1.82) is 0 Å². The number of halogens is 1. The summed E-state index contributed by atoms with van der Waals surface area (Å²) in [6.07, 6.45) is 10.6. The summed E-state index contributed by atoms with van der Waals surface area (Å²) in [6, 6.07) is 6.45. The van der Waals surface area contributed by atoms with Crippen LogP contribution in [0.15, 0.2) is 36.4 Å². The van der Waals surface area contributed by atoms with E-state index in [2.05, 4.69) is 53.4 Å². The zero-order valence-corrected chi connectivity index (χ0v) is 31.9. The molecule has 10 atom stereocenters. The molecule has 5 fully saturated rings. The quantitative estimate of drug-likeness (QED) is 0.209. The van der Waals surface area contributed by atoms with Crippen molar-refractivity contribution in [3.05, 3.63) is 42.2 Å². The summed E-state index contributed by atoms with van der Waals surface area (Å²) in [5.74, 6) is 0.327. The first-order valence-corrected chi connectivity index (χ1v) is 19.3. The van der Waals surface area contributed by atoms with Gasteiger partial charge >= 0.3 is 11.9 Å². The van der Waals surface area contributed by atoms with E-state index in [1.54, 1.807) is 32.0 Å². The number of esters is 1. The summed E-state index contributed by atoms with van der Waals surface area (Å²) < 4.78 is 20.7. The predicted molar refractivity (Wildman–Crippen MR) is 195 cm³/mol. The fourth-order valence-corrected chi connectivity index (χ4v) is 13.5. The highest BCUT2D eigenvalue weighted by Gasteiger charge is 2.71. The van der Waals surface area contributed by atoms with Crippen molar-refractivity contribution >= 4 is 23.5 Å². The third-order valence-electron chi connectivity index (χ3n) is 16.3. The van der Waals surface area contributed by atoms with Crippen LogP contribution in [0.5, 0.6) is 0 Å². The standard InChI is InChI=1S/C43H62FNO5/c1-26(2)27-16-21-43(24-34(46)45-30-13-11-10-12-29(30)44)23-22-41(8)28(36(27)43)14-15-32-40(7)19-18-33(50-35(47)25-38(3,4)37(48)49)39(5,6)31(40)17-20-42(32,41)9/h10-13,27-28,31-33,36H,1,14-25H2,2-9H3,(H,45,46)(H,48,49)/t27-,28+,31-,32+,33-,36+,40-,41+,42+,43+/m0/s1. The number of amides is 1. The molecule has 1 aromatic carbocycles. The van der Waals surface area contributed by atoms with E-state index in [1.807, 2.05) is 0 Å². The van der Waals surface area contributed by atoms with Crippen LogP contribution in [0.25, 0.3) is 0 Å². The van der Waals surface area contributed by atoms with Gasteiger partial charge in [0.1, 0.15) is 11.9 Å². The van der Waals surface area contributed by atoms with E-state index in [0.29, 0.717) is 36.0 Å². The van der Waals surface area contributed by atoms with Crippen LogP contribution in [-0.4, -0.2) is 29.1 Å². The highest BCUT2D eigenvalue weighted by molar-refractivity contribution is 5.91. The van der Waals surface area contributed by atoms with Crippen LogP contribution in [0.2, 0.25) is 0 Å². The maximum Gasteiger partial charge on any atom is 0.309 e. The second kappa shape index (κ2) is 12.5. The number of carboxylic acid groups (broad SMARTS) is 1. The van der Waals surface area contributed by atoms with Gasteiger partial charge in [-0.15, -0.1) is 0 Å². The highest BCUT2D eigenvalue weighted by atomic mass is 19.1. The van der Waals surface area contributed by atoms with E-state index < -0.39 is 23.2 Å². The van der Waals surface area contributed by atoms with Crippen LogP contribution in [0.4, 0.5) is 10.1 Å². The first-order valence-electron chi connectivity index (χ1n) is 19.3. The summed E-state index contributed by atoms with van der Waals surface area (Å²) in [4.78, 5) is 38.5. The molecule has 6 rings (SSSR count). The number of allylic oxidation sites excluding steroid dienone is 1. The summed E-state index contributed by atoms with van der Waals surface area (Å²) in [5, 5.41) is 12.5. The Bertz CT molecular complexity index is 1550. The Morgan fingerprint density at radius 2 is 1.62 bits per heavy atom. The molecule has 1 amide bonds. The molecule has 0 unspecified atom stereocenters. The molecule has 0 heterocycles. The third kappa shape index (κ3) is 5.66. The van der Waals surface area contributed by atoms with E-state index in [-0.39, 0.29) is 51.2 Å². The molecule has 5 aliphatic rings. The molecule has 2 N–H and O–H groups in total. The topological polar surface area (TPSA) is 92.7 Å². The molecule has 0 aliphatic heterocycles. The van der Waals surface area contributed by atoms with Crippen molar-refractivity contribution in [1.82, 2.24) is 0 Å². The second-order valence-electron chi connectivity index (χ2n) is 19.5. The molecule has 6 nitrogen and oxygen atoms in total. The molecule has 0 radical (unpaired) electrons. The van der Waals surface area contributed by atoms with Gasteiger partial charge in [0.25, 0.3) is 0 Å². The van der Waals surface area contributed by atoms with E-state index >= 15 is 0 Å². The molecule has 276 valence electrons. The number of benzene rings is 1. The lowest BCUT2D eigenvalue weighted by Crippen LogP contribution is -2.66. The van der Waals surface area contributed by atoms with Crippen LogP contribution < -0.4 is 5.32 Å². The van der Waals surface area contributed by atoms with E-state index in [1.165, 1.54) is 11.6 Å². The average Bonchev–Trinajstić information content (AvgIpc) is 3.39. The number of hydrogen-bond acceptors (Lipinski definition) is 4. The third-order valence-corrected chi connectivity index (χ3v) is 16.3. The number of anilines is 1. The fourth-order valence-electron chi connectivity index (χ4n) is 13.5. The normalized spacial score (nSPS) is 40.3. The van der Waals surface area contributed by atoms with Crippen molar-refractivity contribution in [3.63, 3.8) is 0 Å². The zero-order valence-electron chi connectivity index (χ0n) is 31.9. The van der Waals surface area contributed by atoms with Gasteiger partial charge in [0.15, 0.2) is 0 Å². The lowest BCUT2D eigenvalue weighted by atomic mass is 9.32. The van der Waals surface area contributed by atoms with Gasteiger partial charge in [-0.2, -0.15) is 0 Å². The van der Waals surface area contributed by atoms with Gasteiger partial charge in [-0.05, 0) is 148 Å². The minimum atomic E-state index is -1.16. The number of fused-ring (bicyclic) bond motifs is 7. The summed E-state index contributed by atoms with van der Waals surface area (Å²) in [6.45, 7) is 22.1. The number of rotatable bonds is 8. The molecule has 1 aromatic rings. The van der Waals surface area contributed by atoms with Crippen LogP contribution in [0.1, 0.15) is 132 Å². The fraction of sp³-hybridized carbons (Fsp3) is 0.744. The van der Waals surface area contributed by atoms with Crippen LogP contribution in [0.3, 0.4) is 0 Å². The number of aliphatic carboxylic acids is 1. The van der Waals surface area contributed by atoms with Gasteiger partial charge < -0.3 is 15.2 Å². The van der Waals surface area contributed by atoms with Crippen LogP contribution in [0, 0.1) is 67.9 Å². The molecule has 0 spiro atoms. The van der Waals surface area contributed by atoms with E-state index in [4.69, 9.17) is 4.74 Å². The molecule has 0 aromatic heterocycles. The Morgan fingerprint density at radius 3 is 2.28 bits per heavy atom. The average molecular weight is 692 g/mol. The van der Waals surface area contributed by atoms with Gasteiger partial charge in [0.05, 0.1) is 17.5 Å². The Kier molecular flexibility index (Phi) is 9.24. The van der Waals surface area contributed by atoms with Crippen molar-refractivity contribution in [2.24, 2.45) is 62.1 Å². The highest BCUT2D eigenvalue weighted by Crippen LogP contribution is 2.78. The molecular formula is C43H62FNO5. The number of nitrogens with one attached hydrogen (secondary N) is 1. The Labute approximate surface area is 299 Å². The number of carbonyl (C=O) groups excluding carboxylic acids is 2. The molecule has 0 bridgehead atoms. The van der Waals surface area contributed by atoms with E-state index in [0.717, 1.165) is 64.2 Å². The number of carboxylic acids is 1. The summed E-state index contributed by atoms with van der Waals surface area (Å²) in [5.41, 5.74) is 0.366. The first kappa shape index (κ1) is 37.1. The van der Waals surface area contributed by atoms with Crippen LogP contribution in [-0.2, 0) is 19.1 Å². The summed E-state index contributed by atoms with van der Waals surface area (Å²) >= 11 is 0.